The first-order valence-electron chi connectivity index (χ1n) is 10.2. The first-order chi connectivity index (χ1) is 14.6. The predicted octanol–water partition coefficient (Wildman–Crippen LogP) is 4.12. The summed E-state index contributed by atoms with van der Waals surface area (Å²) >= 11 is 1.39. The minimum atomic E-state index is -0.0451. The second-order valence-electron chi connectivity index (χ2n) is 7.49. The highest BCUT2D eigenvalue weighted by Gasteiger charge is 2.16. The number of rotatable bonds is 8. The fourth-order valence-electron chi connectivity index (χ4n) is 3.75. The molecule has 1 aliphatic carbocycles. The van der Waals surface area contributed by atoms with Gasteiger partial charge in [-0.1, -0.05) is 41.6 Å². The highest BCUT2D eigenvalue weighted by atomic mass is 32.2. The minimum absolute atomic E-state index is 0.0451. The van der Waals surface area contributed by atoms with Crippen LogP contribution in [0.3, 0.4) is 0 Å². The molecule has 0 saturated carbocycles. The van der Waals surface area contributed by atoms with E-state index in [0.717, 1.165) is 35.5 Å². The van der Waals surface area contributed by atoms with E-state index in [4.69, 9.17) is 4.74 Å². The number of nitrogens with zero attached hydrogens (tertiary/aromatic N) is 3. The summed E-state index contributed by atoms with van der Waals surface area (Å²) in [7, 11) is 1.67. The van der Waals surface area contributed by atoms with Gasteiger partial charge in [0.15, 0.2) is 11.0 Å². The van der Waals surface area contributed by atoms with Crippen molar-refractivity contribution < 1.29 is 9.53 Å². The van der Waals surface area contributed by atoms with Crippen molar-refractivity contribution in [1.29, 1.82) is 0 Å². The molecule has 0 fully saturated rings. The van der Waals surface area contributed by atoms with Crippen LogP contribution in [0.1, 0.15) is 23.1 Å². The van der Waals surface area contributed by atoms with Gasteiger partial charge in [0.25, 0.3) is 0 Å². The Labute approximate surface area is 181 Å². The van der Waals surface area contributed by atoms with Crippen molar-refractivity contribution >= 4 is 23.4 Å². The molecule has 0 bridgehead atoms. The fourth-order valence-corrected chi connectivity index (χ4v) is 4.52. The van der Waals surface area contributed by atoms with Crippen LogP contribution in [0.4, 0.5) is 5.69 Å². The number of methoxy groups -OCH3 is 1. The zero-order valence-electron chi connectivity index (χ0n) is 17.4. The molecule has 3 aromatic rings. The average Bonchev–Trinajstić information content (AvgIpc) is 3.37. The summed E-state index contributed by atoms with van der Waals surface area (Å²) in [4.78, 5) is 12.5. The highest BCUT2D eigenvalue weighted by molar-refractivity contribution is 7.99. The molecule has 1 aliphatic rings. The maximum atomic E-state index is 12.5. The van der Waals surface area contributed by atoms with Gasteiger partial charge < -0.3 is 10.1 Å². The van der Waals surface area contributed by atoms with Crippen LogP contribution in [0.2, 0.25) is 0 Å². The standard InChI is InChI=1S/C23H26N4O2S/c1-16-5-3-8-19(13-16)22-25-26-23(27(22)11-12-29-2)30-15-21(28)24-20-10-9-17-6-4-7-18(17)14-20/h3,5,8-10,13-14H,4,6-7,11-12,15H2,1-2H3,(H,24,28). The molecule has 1 aromatic heterocycles. The Kier molecular flexibility index (Phi) is 6.50. The van der Waals surface area contributed by atoms with Crippen molar-refractivity contribution in [2.75, 3.05) is 24.8 Å². The van der Waals surface area contributed by atoms with E-state index in [1.807, 2.05) is 22.8 Å². The lowest BCUT2D eigenvalue weighted by Crippen LogP contribution is -2.15. The molecule has 1 heterocycles. The zero-order chi connectivity index (χ0) is 20.9. The van der Waals surface area contributed by atoms with Crippen LogP contribution in [0.5, 0.6) is 0 Å². The Morgan fingerprint density at radius 1 is 1.17 bits per heavy atom. The van der Waals surface area contributed by atoms with E-state index in [9.17, 15) is 4.79 Å². The quantitative estimate of drug-likeness (QED) is 0.553. The average molecular weight is 423 g/mol. The molecule has 1 N–H and O–H groups in total. The molecule has 0 unspecified atom stereocenters. The molecule has 0 atom stereocenters. The van der Waals surface area contributed by atoms with Crippen molar-refractivity contribution in [2.45, 2.75) is 37.9 Å². The summed E-state index contributed by atoms with van der Waals surface area (Å²) in [6, 6.07) is 14.4. The predicted molar refractivity (Wildman–Crippen MR) is 120 cm³/mol. The lowest BCUT2D eigenvalue weighted by atomic mass is 10.1. The van der Waals surface area contributed by atoms with Gasteiger partial charge in [0.2, 0.25) is 5.91 Å². The highest BCUT2D eigenvalue weighted by Crippen LogP contribution is 2.26. The molecule has 7 heteroatoms. The summed E-state index contributed by atoms with van der Waals surface area (Å²) in [5.41, 5.74) is 5.78. The van der Waals surface area contributed by atoms with E-state index >= 15 is 0 Å². The van der Waals surface area contributed by atoms with Gasteiger partial charge >= 0.3 is 0 Å². The summed E-state index contributed by atoms with van der Waals surface area (Å²) in [5, 5.41) is 12.5. The van der Waals surface area contributed by atoms with Gasteiger partial charge in [-0.15, -0.1) is 10.2 Å². The van der Waals surface area contributed by atoms with Crippen LogP contribution in [-0.2, 0) is 28.9 Å². The second-order valence-corrected chi connectivity index (χ2v) is 8.44. The van der Waals surface area contributed by atoms with Crippen molar-refractivity contribution in [3.05, 3.63) is 59.2 Å². The van der Waals surface area contributed by atoms with Gasteiger partial charge in [-0.05, 0) is 55.5 Å². The van der Waals surface area contributed by atoms with E-state index in [-0.39, 0.29) is 11.7 Å². The number of nitrogens with one attached hydrogen (secondary N) is 1. The molecular weight excluding hydrogens is 396 g/mol. The number of benzene rings is 2. The molecule has 6 nitrogen and oxygen atoms in total. The van der Waals surface area contributed by atoms with Crippen molar-refractivity contribution in [1.82, 2.24) is 14.8 Å². The molecule has 0 radical (unpaired) electrons. The summed E-state index contributed by atoms with van der Waals surface area (Å²) in [6.45, 7) is 3.23. The lowest BCUT2D eigenvalue weighted by Gasteiger charge is -2.10. The Morgan fingerprint density at radius 2 is 2.03 bits per heavy atom. The molecule has 0 saturated heterocycles. The minimum Gasteiger partial charge on any atom is -0.383 e. The third-order valence-corrected chi connectivity index (χ3v) is 6.19. The summed E-state index contributed by atoms with van der Waals surface area (Å²) < 4.78 is 7.28. The van der Waals surface area contributed by atoms with E-state index in [2.05, 4.69) is 46.7 Å². The van der Waals surface area contributed by atoms with E-state index in [1.54, 1.807) is 7.11 Å². The second kappa shape index (κ2) is 9.45. The first-order valence-corrected chi connectivity index (χ1v) is 11.2. The lowest BCUT2D eigenvalue weighted by molar-refractivity contribution is -0.113. The number of amides is 1. The summed E-state index contributed by atoms with van der Waals surface area (Å²) in [5.74, 6) is 1.02. The smallest absolute Gasteiger partial charge is 0.234 e. The number of carbonyl (C=O) groups is 1. The first kappa shape index (κ1) is 20.6. The molecule has 30 heavy (non-hydrogen) atoms. The van der Waals surface area contributed by atoms with Gasteiger partial charge in [-0.3, -0.25) is 9.36 Å². The van der Waals surface area contributed by atoms with Gasteiger partial charge in [-0.2, -0.15) is 0 Å². The van der Waals surface area contributed by atoms with Crippen LogP contribution in [-0.4, -0.2) is 40.1 Å². The molecule has 0 aliphatic heterocycles. The Hall–Kier alpha value is -2.64. The number of ether oxygens (including phenoxy) is 1. The van der Waals surface area contributed by atoms with Crippen LogP contribution in [0, 0.1) is 6.92 Å². The molecule has 0 spiro atoms. The van der Waals surface area contributed by atoms with Crippen molar-refractivity contribution in [2.24, 2.45) is 0 Å². The Balaban J connectivity index is 1.45. The third-order valence-electron chi connectivity index (χ3n) is 5.23. The van der Waals surface area contributed by atoms with E-state index in [0.29, 0.717) is 18.3 Å². The Morgan fingerprint density at radius 3 is 2.87 bits per heavy atom. The third kappa shape index (κ3) is 4.74. The number of aryl methyl sites for hydroxylation is 3. The number of hydrogen-bond donors (Lipinski definition) is 1. The Bertz CT molecular complexity index is 1050. The number of carbonyl (C=O) groups excluding carboxylic acids is 1. The maximum Gasteiger partial charge on any atom is 0.234 e. The molecular formula is C23H26N4O2S. The fraction of sp³-hybridized carbons (Fsp3) is 0.348. The zero-order valence-corrected chi connectivity index (χ0v) is 18.2. The summed E-state index contributed by atoms with van der Waals surface area (Å²) in [6.07, 6.45) is 3.43. The molecule has 156 valence electrons. The van der Waals surface area contributed by atoms with Gasteiger partial charge in [0.05, 0.1) is 18.9 Å². The van der Waals surface area contributed by atoms with Crippen LogP contribution < -0.4 is 5.32 Å². The van der Waals surface area contributed by atoms with Crippen molar-refractivity contribution in [3.63, 3.8) is 0 Å². The number of hydrogen-bond acceptors (Lipinski definition) is 5. The van der Waals surface area contributed by atoms with Crippen molar-refractivity contribution in [3.8, 4) is 11.4 Å². The normalized spacial score (nSPS) is 12.7. The van der Waals surface area contributed by atoms with Crippen LogP contribution in [0.15, 0.2) is 47.6 Å². The van der Waals surface area contributed by atoms with Gasteiger partial charge in [-0.25, -0.2) is 0 Å². The van der Waals surface area contributed by atoms with E-state index in [1.165, 1.54) is 29.3 Å². The molecule has 2 aromatic carbocycles. The monoisotopic (exact) mass is 422 g/mol. The maximum absolute atomic E-state index is 12.5. The van der Waals surface area contributed by atoms with Crippen LogP contribution >= 0.6 is 11.8 Å². The number of fused-ring (bicyclic) bond motifs is 1. The van der Waals surface area contributed by atoms with Crippen LogP contribution in [0.25, 0.3) is 11.4 Å². The van der Waals surface area contributed by atoms with E-state index < -0.39 is 0 Å². The topological polar surface area (TPSA) is 69.0 Å². The SMILES string of the molecule is COCCn1c(SCC(=O)Nc2ccc3c(c2)CCC3)nnc1-c1cccc(C)c1. The number of aromatic nitrogens is 3. The van der Waals surface area contributed by atoms with Gasteiger partial charge in [0.1, 0.15) is 0 Å². The molecule has 1 amide bonds. The largest absolute Gasteiger partial charge is 0.383 e. The van der Waals surface area contributed by atoms with Gasteiger partial charge in [0, 0.05) is 18.4 Å². The number of anilines is 1. The number of thioether (sulfide) groups is 1. The molecule has 4 rings (SSSR count).